The lowest BCUT2D eigenvalue weighted by Gasteiger charge is -2.30. The van der Waals surface area contributed by atoms with Crippen molar-refractivity contribution >= 4 is 21.6 Å². The molecule has 0 bridgehead atoms. The molecule has 0 aliphatic carbocycles. The van der Waals surface area contributed by atoms with Gasteiger partial charge in [-0.2, -0.15) is 0 Å². The second-order valence-electron chi connectivity index (χ2n) is 7.78. The van der Waals surface area contributed by atoms with Crippen LogP contribution in [0.4, 0.5) is 5.69 Å². The van der Waals surface area contributed by atoms with Crippen LogP contribution in [-0.2, 0) is 21.2 Å². The first kappa shape index (κ1) is 22.9. The molecular weight excluding hydrogens is 384 g/mol. The molecule has 0 radical (unpaired) electrons. The molecular formula is C23H32N2O3S. The quantitative estimate of drug-likeness (QED) is 0.446. The van der Waals surface area contributed by atoms with Crippen molar-refractivity contribution in [1.82, 2.24) is 4.90 Å². The number of fused-ring (bicyclic) bond motifs is 1. The molecule has 158 valence electrons. The molecule has 1 aliphatic rings. The molecule has 0 unspecified atom stereocenters. The van der Waals surface area contributed by atoms with E-state index in [9.17, 15) is 13.2 Å². The predicted octanol–water partition coefficient (Wildman–Crippen LogP) is 4.29. The van der Waals surface area contributed by atoms with Crippen molar-refractivity contribution in [3.63, 3.8) is 0 Å². The zero-order valence-corrected chi connectivity index (χ0v) is 18.5. The van der Waals surface area contributed by atoms with E-state index in [1.807, 2.05) is 31.2 Å². The third-order valence-electron chi connectivity index (χ3n) is 4.80. The fourth-order valence-electron chi connectivity index (χ4n) is 3.43. The summed E-state index contributed by atoms with van der Waals surface area (Å²) in [7, 11) is -3.76. The number of anilines is 1. The lowest BCUT2D eigenvalue weighted by atomic mass is 10.0. The Kier molecular flexibility index (Phi) is 7.85. The van der Waals surface area contributed by atoms with Crippen LogP contribution in [0.3, 0.4) is 0 Å². The van der Waals surface area contributed by atoms with E-state index in [2.05, 4.69) is 27.0 Å². The maximum absolute atomic E-state index is 13.1. The number of allylic oxidation sites excluding steroid dienone is 1. The number of hydrogen-bond acceptors (Lipinski definition) is 3. The minimum absolute atomic E-state index is 0.0472. The Morgan fingerprint density at radius 2 is 1.93 bits per heavy atom. The Bertz CT molecular complexity index is 900. The molecule has 0 aromatic heterocycles. The number of carbonyl (C=O) groups excluding carboxylic acids is 1. The molecule has 1 aromatic rings. The molecule has 1 aliphatic heterocycles. The van der Waals surface area contributed by atoms with Crippen molar-refractivity contribution < 1.29 is 13.2 Å². The van der Waals surface area contributed by atoms with E-state index in [1.54, 1.807) is 4.90 Å². The predicted molar refractivity (Wildman–Crippen MR) is 120 cm³/mol. The first-order valence-electron chi connectivity index (χ1n) is 10.1. The number of rotatable bonds is 9. The Labute approximate surface area is 175 Å². The number of hydrogen-bond donors (Lipinski definition) is 0. The number of benzene rings is 1. The van der Waals surface area contributed by atoms with Gasteiger partial charge in [0.2, 0.25) is 0 Å². The second-order valence-corrected chi connectivity index (χ2v) is 9.69. The van der Waals surface area contributed by atoms with Gasteiger partial charge < -0.3 is 4.90 Å². The Morgan fingerprint density at radius 1 is 1.24 bits per heavy atom. The van der Waals surface area contributed by atoms with Gasteiger partial charge in [0.25, 0.3) is 15.9 Å². The number of para-hydroxylation sites is 1. The standard InChI is InChI=1S/C23H32N2O3S/c1-6-15-24(17-18(2)3)23(26)19(4)13-14-20(5)29(27,28)25-16-9-11-21-10-7-8-12-22(21)25/h7-8,10,12-14,18H,4-6,9,11,15-17H2,1-3H3/b14-13-. The van der Waals surface area contributed by atoms with Gasteiger partial charge in [0.15, 0.2) is 0 Å². The Balaban J connectivity index is 2.15. The normalized spacial score (nSPS) is 14.1. The van der Waals surface area contributed by atoms with E-state index in [4.69, 9.17) is 0 Å². The van der Waals surface area contributed by atoms with E-state index in [-0.39, 0.29) is 16.4 Å². The van der Waals surface area contributed by atoms with Gasteiger partial charge in [0, 0.05) is 25.2 Å². The fraction of sp³-hybridized carbons (Fsp3) is 0.435. The van der Waals surface area contributed by atoms with Gasteiger partial charge in [-0.3, -0.25) is 9.10 Å². The summed E-state index contributed by atoms with van der Waals surface area (Å²) in [4.78, 5) is 14.4. The minimum atomic E-state index is -3.76. The highest BCUT2D eigenvalue weighted by atomic mass is 32.2. The summed E-state index contributed by atoms with van der Waals surface area (Å²) < 4.78 is 27.5. The summed E-state index contributed by atoms with van der Waals surface area (Å²) in [5, 5.41) is 0. The Morgan fingerprint density at radius 3 is 2.59 bits per heavy atom. The van der Waals surface area contributed by atoms with Crippen molar-refractivity contribution in [2.75, 3.05) is 23.9 Å². The molecule has 0 saturated heterocycles. The monoisotopic (exact) mass is 416 g/mol. The highest BCUT2D eigenvalue weighted by Gasteiger charge is 2.28. The molecule has 1 amide bonds. The highest BCUT2D eigenvalue weighted by Crippen LogP contribution is 2.31. The second kappa shape index (κ2) is 9.92. The van der Waals surface area contributed by atoms with Crippen molar-refractivity contribution in [3.8, 4) is 0 Å². The average molecular weight is 417 g/mol. The number of amides is 1. The topological polar surface area (TPSA) is 57.7 Å². The van der Waals surface area contributed by atoms with Crippen LogP contribution in [0.25, 0.3) is 0 Å². The first-order chi connectivity index (χ1) is 13.7. The van der Waals surface area contributed by atoms with Gasteiger partial charge in [0.05, 0.1) is 10.6 Å². The third-order valence-corrected chi connectivity index (χ3v) is 6.56. The van der Waals surface area contributed by atoms with Gasteiger partial charge >= 0.3 is 0 Å². The summed E-state index contributed by atoms with van der Waals surface area (Å²) in [5.41, 5.74) is 1.98. The van der Waals surface area contributed by atoms with Gasteiger partial charge in [-0.25, -0.2) is 8.42 Å². The van der Waals surface area contributed by atoms with E-state index in [0.29, 0.717) is 31.2 Å². The van der Waals surface area contributed by atoms with E-state index >= 15 is 0 Å². The van der Waals surface area contributed by atoms with Gasteiger partial charge in [-0.1, -0.05) is 52.1 Å². The SMILES string of the molecule is C=C(/C=C\C(=C)S(=O)(=O)N1CCCc2ccccc21)C(=O)N(CCC)CC(C)C. The summed E-state index contributed by atoms with van der Waals surface area (Å²) in [5.74, 6) is 0.169. The minimum Gasteiger partial charge on any atom is -0.338 e. The van der Waals surface area contributed by atoms with Crippen LogP contribution in [0, 0.1) is 5.92 Å². The number of aryl methyl sites for hydroxylation is 1. The molecule has 1 heterocycles. The van der Waals surface area contributed by atoms with Crippen LogP contribution < -0.4 is 4.31 Å². The summed E-state index contributed by atoms with van der Waals surface area (Å²) in [6.07, 6.45) is 5.32. The number of sulfonamides is 1. The molecule has 6 heteroatoms. The summed E-state index contributed by atoms with van der Waals surface area (Å²) in [6.45, 7) is 15.4. The fourth-order valence-corrected chi connectivity index (χ4v) is 4.76. The van der Waals surface area contributed by atoms with Crippen LogP contribution in [0.1, 0.15) is 39.2 Å². The van der Waals surface area contributed by atoms with Gasteiger partial charge in [-0.15, -0.1) is 0 Å². The molecule has 0 spiro atoms. The lowest BCUT2D eigenvalue weighted by molar-refractivity contribution is -0.127. The van der Waals surface area contributed by atoms with Crippen molar-refractivity contribution in [2.45, 2.75) is 40.0 Å². The van der Waals surface area contributed by atoms with Crippen LogP contribution in [0.15, 0.2) is 60.1 Å². The molecule has 2 rings (SSSR count). The number of carbonyl (C=O) groups is 1. The molecule has 1 aromatic carbocycles. The van der Waals surface area contributed by atoms with Crippen LogP contribution >= 0.6 is 0 Å². The number of nitrogens with zero attached hydrogens (tertiary/aromatic N) is 2. The molecule has 0 atom stereocenters. The zero-order valence-electron chi connectivity index (χ0n) is 17.7. The molecule has 0 fully saturated rings. The van der Waals surface area contributed by atoms with Gasteiger partial charge in [0.1, 0.15) is 0 Å². The third kappa shape index (κ3) is 5.60. The zero-order chi connectivity index (χ0) is 21.6. The Hall–Kier alpha value is -2.34. The van der Waals surface area contributed by atoms with Crippen LogP contribution in [0.2, 0.25) is 0 Å². The van der Waals surface area contributed by atoms with Crippen molar-refractivity contribution in [2.24, 2.45) is 5.92 Å². The smallest absolute Gasteiger partial charge is 0.263 e. The van der Waals surface area contributed by atoms with Crippen molar-refractivity contribution in [3.05, 3.63) is 65.6 Å². The van der Waals surface area contributed by atoms with Crippen LogP contribution in [-0.4, -0.2) is 38.9 Å². The molecule has 0 N–H and O–H groups in total. The van der Waals surface area contributed by atoms with E-state index < -0.39 is 10.0 Å². The first-order valence-corrected chi connectivity index (χ1v) is 11.6. The molecule has 0 saturated carbocycles. The van der Waals surface area contributed by atoms with E-state index in [0.717, 1.165) is 24.8 Å². The maximum Gasteiger partial charge on any atom is 0.263 e. The highest BCUT2D eigenvalue weighted by molar-refractivity contribution is 7.96. The largest absolute Gasteiger partial charge is 0.338 e. The van der Waals surface area contributed by atoms with Crippen molar-refractivity contribution in [1.29, 1.82) is 0 Å². The lowest BCUT2D eigenvalue weighted by Crippen LogP contribution is -2.36. The molecule has 5 nitrogen and oxygen atoms in total. The van der Waals surface area contributed by atoms with Crippen LogP contribution in [0.5, 0.6) is 0 Å². The average Bonchev–Trinajstić information content (AvgIpc) is 2.69. The molecule has 29 heavy (non-hydrogen) atoms. The summed E-state index contributed by atoms with van der Waals surface area (Å²) in [6, 6.07) is 7.52. The van der Waals surface area contributed by atoms with Gasteiger partial charge in [-0.05, 0) is 49.0 Å². The van der Waals surface area contributed by atoms with E-state index in [1.165, 1.54) is 16.5 Å². The summed E-state index contributed by atoms with van der Waals surface area (Å²) >= 11 is 0. The maximum atomic E-state index is 13.1.